The third-order valence-corrected chi connectivity index (χ3v) is 4.47. The number of benzene rings is 2. The highest BCUT2D eigenvalue weighted by Crippen LogP contribution is 2.24. The Morgan fingerprint density at radius 3 is 2.38 bits per heavy atom. The fourth-order valence-electron chi connectivity index (χ4n) is 2.86. The Bertz CT molecular complexity index is 1010. The summed E-state index contributed by atoms with van der Waals surface area (Å²) in [6.07, 6.45) is 1.59. The monoisotopic (exact) mass is 394 g/mol. The minimum absolute atomic E-state index is 0.260. The van der Waals surface area contributed by atoms with Gasteiger partial charge in [0.25, 0.3) is 5.91 Å². The molecule has 0 unspecified atom stereocenters. The molecule has 3 rings (SSSR count). The lowest BCUT2D eigenvalue weighted by Gasteiger charge is -2.13. The van der Waals surface area contributed by atoms with Gasteiger partial charge in [-0.3, -0.25) is 9.59 Å². The van der Waals surface area contributed by atoms with Crippen LogP contribution in [-0.4, -0.2) is 34.2 Å². The molecule has 0 spiro atoms. The van der Waals surface area contributed by atoms with Crippen LogP contribution in [0.25, 0.3) is 16.9 Å². The van der Waals surface area contributed by atoms with Crippen molar-refractivity contribution in [3.8, 4) is 16.9 Å². The molecule has 0 aliphatic rings. The lowest BCUT2D eigenvalue weighted by Crippen LogP contribution is -2.44. The summed E-state index contributed by atoms with van der Waals surface area (Å²) in [5.74, 6) is -1.02. The fourth-order valence-corrected chi connectivity index (χ4v) is 2.86. The SMILES string of the molecule is CCNC(=O)[C@H](C)NC(=O)c1cn(-c2ccc(F)cc2)nc1-c1ccc(C)cc1. The number of amides is 2. The van der Waals surface area contributed by atoms with Crippen LogP contribution in [0.3, 0.4) is 0 Å². The van der Waals surface area contributed by atoms with Gasteiger partial charge in [0.2, 0.25) is 5.91 Å². The summed E-state index contributed by atoms with van der Waals surface area (Å²) in [7, 11) is 0. The van der Waals surface area contributed by atoms with Crippen molar-refractivity contribution in [3.63, 3.8) is 0 Å². The molecule has 1 aromatic heterocycles. The summed E-state index contributed by atoms with van der Waals surface area (Å²) in [6, 6.07) is 12.8. The molecule has 2 aromatic carbocycles. The highest BCUT2D eigenvalue weighted by Gasteiger charge is 2.22. The van der Waals surface area contributed by atoms with Crippen LogP contribution in [0.4, 0.5) is 4.39 Å². The topological polar surface area (TPSA) is 76.0 Å². The van der Waals surface area contributed by atoms with E-state index in [2.05, 4.69) is 15.7 Å². The number of aryl methyl sites for hydroxylation is 1. The number of carbonyl (C=O) groups is 2. The Balaban J connectivity index is 1.99. The van der Waals surface area contributed by atoms with Gasteiger partial charge in [-0.05, 0) is 45.0 Å². The van der Waals surface area contributed by atoms with Crippen molar-refractivity contribution >= 4 is 11.8 Å². The number of rotatable bonds is 6. The van der Waals surface area contributed by atoms with Gasteiger partial charge in [-0.25, -0.2) is 9.07 Å². The molecule has 2 amide bonds. The number of aromatic nitrogens is 2. The van der Waals surface area contributed by atoms with Crippen LogP contribution in [0.15, 0.2) is 54.7 Å². The molecule has 0 fully saturated rings. The first kappa shape index (κ1) is 20.3. The zero-order valence-electron chi connectivity index (χ0n) is 16.6. The van der Waals surface area contributed by atoms with E-state index in [-0.39, 0.29) is 11.7 Å². The first-order valence-corrected chi connectivity index (χ1v) is 9.40. The maximum Gasteiger partial charge on any atom is 0.255 e. The molecule has 1 atom stereocenters. The van der Waals surface area contributed by atoms with Crippen molar-refractivity contribution in [2.45, 2.75) is 26.8 Å². The van der Waals surface area contributed by atoms with Crippen molar-refractivity contribution < 1.29 is 14.0 Å². The van der Waals surface area contributed by atoms with Gasteiger partial charge in [0.05, 0.1) is 11.3 Å². The fraction of sp³-hybridized carbons (Fsp3) is 0.227. The predicted octanol–water partition coefficient (Wildman–Crippen LogP) is 3.24. The minimum Gasteiger partial charge on any atom is -0.355 e. The van der Waals surface area contributed by atoms with E-state index >= 15 is 0 Å². The highest BCUT2D eigenvalue weighted by molar-refractivity contribution is 6.02. The van der Waals surface area contributed by atoms with Gasteiger partial charge < -0.3 is 10.6 Å². The van der Waals surface area contributed by atoms with Crippen molar-refractivity contribution in [3.05, 3.63) is 71.7 Å². The van der Waals surface area contributed by atoms with E-state index in [1.165, 1.54) is 16.8 Å². The van der Waals surface area contributed by atoms with Gasteiger partial charge in [0.15, 0.2) is 0 Å². The molecule has 2 N–H and O–H groups in total. The number of carbonyl (C=O) groups excluding carboxylic acids is 2. The normalized spacial score (nSPS) is 11.7. The summed E-state index contributed by atoms with van der Waals surface area (Å²) in [6.45, 7) is 5.90. The Labute approximate surface area is 168 Å². The Morgan fingerprint density at radius 2 is 1.76 bits per heavy atom. The van der Waals surface area contributed by atoms with Crippen LogP contribution in [0.5, 0.6) is 0 Å². The molecule has 150 valence electrons. The standard InChI is InChI=1S/C22H23FN4O2/c1-4-24-21(28)15(3)25-22(29)19-13-27(18-11-9-17(23)10-12-18)26-20(19)16-7-5-14(2)6-8-16/h5-13,15H,4H2,1-3H3,(H,24,28)(H,25,29)/t15-/m0/s1. The van der Waals surface area contributed by atoms with Crippen molar-refractivity contribution in [1.82, 2.24) is 20.4 Å². The van der Waals surface area contributed by atoms with E-state index in [1.54, 1.807) is 25.3 Å². The van der Waals surface area contributed by atoms with Crippen LogP contribution >= 0.6 is 0 Å². The zero-order chi connectivity index (χ0) is 21.0. The van der Waals surface area contributed by atoms with E-state index < -0.39 is 11.9 Å². The second-order valence-electron chi connectivity index (χ2n) is 6.77. The minimum atomic E-state index is -0.692. The molecule has 0 saturated heterocycles. The number of nitrogens with zero attached hydrogens (tertiary/aromatic N) is 2. The molecule has 29 heavy (non-hydrogen) atoms. The smallest absolute Gasteiger partial charge is 0.255 e. The van der Waals surface area contributed by atoms with Gasteiger partial charge in [0, 0.05) is 18.3 Å². The average Bonchev–Trinajstić information content (AvgIpc) is 3.14. The summed E-state index contributed by atoms with van der Waals surface area (Å²) in [5, 5.41) is 9.95. The second-order valence-corrected chi connectivity index (χ2v) is 6.77. The number of hydrogen-bond donors (Lipinski definition) is 2. The number of nitrogens with one attached hydrogen (secondary N) is 2. The van der Waals surface area contributed by atoms with Crippen LogP contribution in [0.2, 0.25) is 0 Å². The maximum atomic E-state index is 13.3. The van der Waals surface area contributed by atoms with E-state index in [1.807, 2.05) is 38.1 Å². The Kier molecular flexibility index (Phi) is 6.07. The van der Waals surface area contributed by atoms with Gasteiger partial charge in [-0.1, -0.05) is 29.8 Å². The quantitative estimate of drug-likeness (QED) is 0.674. The van der Waals surface area contributed by atoms with Crippen molar-refractivity contribution in [2.75, 3.05) is 6.54 Å². The molecule has 0 saturated carbocycles. The molecule has 0 aliphatic carbocycles. The summed E-state index contributed by atoms with van der Waals surface area (Å²) >= 11 is 0. The predicted molar refractivity (Wildman–Crippen MR) is 109 cm³/mol. The Morgan fingerprint density at radius 1 is 1.10 bits per heavy atom. The molecule has 6 nitrogen and oxygen atoms in total. The summed E-state index contributed by atoms with van der Waals surface area (Å²) in [4.78, 5) is 24.9. The van der Waals surface area contributed by atoms with Gasteiger partial charge in [-0.2, -0.15) is 5.10 Å². The van der Waals surface area contributed by atoms with Crippen LogP contribution < -0.4 is 10.6 Å². The summed E-state index contributed by atoms with van der Waals surface area (Å²) in [5.41, 5.74) is 3.29. The molecular formula is C22H23FN4O2. The first-order valence-electron chi connectivity index (χ1n) is 9.40. The maximum absolute atomic E-state index is 13.3. The molecule has 7 heteroatoms. The average molecular weight is 394 g/mol. The van der Waals surface area contributed by atoms with E-state index in [4.69, 9.17) is 0 Å². The Hall–Kier alpha value is -3.48. The van der Waals surface area contributed by atoms with E-state index in [0.29, 0.717) is 23.5 Å². The summed E-state index contributed by atoms with van der Waals surface area (Å²) < 4.78 is 14.8. The molecule has 1 heterocycles. The molecule has 0 aliphatic heterocycles. The van der Waals surface area contributed by atoms with Gasteiger partial charge >= 0.3 is 0 Å². The number of likely N-dealkylation sites (N-methyl/N-ethyl adjacent to an activating group) is 1. The largest absolute Gasteiger partial charge is 0.355 e. The van der Waals surface area contributed by atoms with Crippen LogP contribution in [-0.2, 0) is 4.79 Å². The third kappa shape index (κ3) is 4.68. The van der Waals surface area contributed by atoms with Gasteiger partial charge in [-0.15, -0.1) is 0 Å². The van der Waals surface area contributed by atoms with Crippen molar-refractivity contribution in [1.29, 1.82) is 0 Å². The lowest BCUT2D eigenvalue weighted by atomic mass is 10.1. The lowest BCUT2D eigenvalue weighted by molar-refractivity contribution is -0.122. The first-order chi connectivity index (χ1) is 13.9. The molecule has 0 radical (unpaired) electrons. The van der Waals surface area contributed by atoms with Crippen LogP contribution in [0.1, 0.15) is 29.8 Å². The molecule has 0 bridgehead atoms. The molecular weight excluding hydrogens is 371 g/mol. The molecule has 3 aromatic rings. The van der Waals surface area contributed by atoms with Gasteiger partial charge in [0.1, 0.15) is 17.6 Å². The number of halogens is 1. The zero-order valence-corrected chi connectivity index (χ0v) is 16.6. The van der Waals surface area contributed by atoms with Crippen molar-refractivity contribution in [2.24, 2.45) is 0 Å². The number of hydrogen-bond acceptors (Lipinski definition) is 3. The van der Waals surface area contributed by atoms with E-state index in [0.717, 1.165) is 11.1 Å². The highest BCUT2D eigenvalue weighted by atomic mass is 19.1. The second kappa shape index (κ2) is 8.68. The van der Waals surface area contributed by atoms with Crippen LogP contribution in [0, 0.1) is 12.7 Å². The van der Waals surface area contributed by atoms with E-state index in [9.17, 15) is 14.0 Å². The third-order valence-electron chi connectivity index (χ3n) is 4.47.